The van der Waals surface area contributed by atoms with Crippen molar-refractivity contribution in [1.29, 1.82) is 0 Å². The lowest BCUT2D eigenvalue weighted by Gasteiger charge is -2.09. The van der Waals surface area contributed by atoms with Crippen LogP contribution in [0.2, 0.25) is 0 Å². The summed E-state index contributed by atoms with van der Waals surface area (Å²) >= 11 is 0. The first-order valence-electron chi connectivity index (χ1n) is 6.70. The van der Waals surface area contributed by atoms with Gasteiger partial charge in [0.05, 0.1) is 9.82 Å². The van der Waals surface area contributed by atoms with Gasteiger partial charge in [0.1, 0.15) is 0 Å². The van der Waals surface area contributed by atoms with Crippen LogP contribution in [0.15, 0.2) is 23.1 Å². The molecule has 0 saturated carbocycles. The van der Waals surface area contributed by atoms with Gasteiger partial charge in [0, 0.05) is 25.1 Å². The standard InChI is InChI=1S/C13H18N2O6S/c1-10-6-7-11(15(18)19)9-12(10)22(20,21)14-8-4-2-3-5-13(16)17/h6-7,9,14H,2-5,8H2,1H3,(H,16,17). The van der Waals surface area contributed by atoms with Crippen LogP contribution in [-0.4, -0.2) is 31.0 Å². The number of nitro groups is 1. The molecule has 0 unspecified atom stereocenters. The third kappa shape index (κ3) is 5.41. The number of carboxylic acids is 1. The van der Waals surface area contributed by atoms with Crippen LogP contribution in [0.3, 0.4) is 0 Å². The third-order valence-corrected chi connectivity index (χ3v) is 4.63. The molecule has 0 spiro atoms. The van der Waals surface area contributed by atoms with Crippen molar-refractivity contribution >= 4 is 21.7 Å². The minimum Gasteiger partial charge on any atom is -0.481 e. The van der Waals surface area contributed by atoms with Crippen LogP contribution in [-0.2, 0) is 14.8 Å². The topological polar surface area (TPSA) is 127 Å². The molecule has 1 rings (SSSR count). The highest BCUT2D eigenvalue weighted by Gasteiger charge is 2.19. The summed E-state index contributed by atoms with van der Waals surface area (Å²) in [6.45, 7) is 1.72. The first-order chi connectivity index (χ1) is 10.2. The second kappa shape index (κ2) is 7.85. The maximum atomic E-state index is 12.1. The molecule has 2 N–H and O–H groups in total. The first-order valence-corrected chi connectivity index (χ1v) is 8.19. The van der Waals surface area contributed by atoms with Crippen molar-refractivity contribution in [3.8, 4) is 0 Å². The lowest BCUT2D eigenvalue weighted by Crippen LogP contribution is -2.25. The van der Waals surface area contributed by atoms with Crippen molar-refractivity contribution in [1.82, 2.24) is 4.72 Å². The van der Waals surface area contributed by atoms with Gasteiger partial charge < -0.3 is 5.11 Å². The molecule has 8 nitrogen and oxygen atoms in total. The van der Waals surface area contributed by atoms with Crippen molar-refractivity contribution in [3.63, 3.8) is 0 Å². The van der Waals surface area contributed by atoms with E-state index in [1.54, 1.807) is 6.92 Å². The van der Waals surface area contributed by atoms with Crippen molar-refractivity contribution in [2.75, 3.05) is 6.54 Å². The molecule has 0 aliphatic rings. The van der Waals surface area contributed by atoms with Gasteiger partial charge in [-0.25, -0.2) is 13.1 Å². The summed E-state index contributed by atoms with van der Waals surface area (Å²) in [6, 6.07) is 3.67. The second-order valence-electron chi connectivity index (χ2n) is 4.81. The number of nitro benzene ring substituents is 1. The Balaban J connectivity index is 2.65. The number of hydrogen-bond donors (Lipinski definition) is 2. The van der Waals surface area contributed by atoms with Gasteiger partial charge in [0.15, 0.2) is 0 Å². The number of aryl methyl sites for hydroxylation is 1. The van der Waals surface area contributed by atoms with Crippen molar-refractivity contribution < 1.29 is 23.2 Å². The molecule has 0 amide bonds. The second-order valence-corrected chi connectivity index (χ2v) is 6.54. The molecule has 1 aromatic rings. The summed E-state index contributed by atoms with van der Waals surface area (Å²) in [4.78, 5) is 20.3. The van der Waals surface area contributed by atoms with E-state index in [4.69, 9.17) is 5.11 Å². The number of carbonyl (C=O) groups is 1. The largest absolute Gasteiger partial charge is 0.481 e. The summed E-state index contributed by atoms with van der Waals surface area (Å²) in [5.41, 5.74) is 0.136. The van der Waals surface area contributed by atoms with Gasteiger partial charge in [-0.2, -0.15) is 0 Å². The van der Waals surface area contributed by atoms with Crippen molar-refractivity contribution in [2.24, 2.45) is 0 Å². The molecule has 0 saturated heterocycles. The lowest BCUT2D eigenvalue weighted by molar-refractivity contribution is -0.385. The minimum absolute atomic E-state index is 0.0523. The van der Waals surface area contributed by atoms with E-state index in [1.807, 2.05) is 0 Å². The smallest absolute Gasteiger partial charge is 0.303 e. The van der Waals surface area contributed by atoms with Crippen molar-refractivity contribution in [3.05, 3.63) is 33.9 Å². The number of hydrogen-bond acceptors (Lipinski definition) is 5. The molecule has 0 atom stereocenters. The molecule has 0 aliphatic carbocycles. The van der Waals surface area contributed by atoms with Gasteiger partial charge in [-0.3, -0.25) is 14.9 Å². The lowest BCUT2D eigenvalue weighted by atomic mass is 10.2. The molecule has 22 heavy (non-hydrogen) atoms. The van der Waals surface area contributed by atoms with Crippen LogP contribution in [0.4, 0.5) is 5.69 Å². The summed E-state index contributed by atoms with van der Waals surface area (Å²) < 4.78 is 26.7. The van der Waals surface area contributed by atoms with Gasteiger partial charge in [0.25, 0.3) is 5.69 Å². The molecule has 0 heterocycles. The van der Waals surface area contributed by atoms with Gasteiger partial charge in [-0.1, -0.05) is 12.5 Å². The number of carboxylic acid groups (broad SMARTS) is 1. The fourth-order valence-electron chi connectivity index (χ4n) is 1.85. The Morgan fingerprint density at radius 1 is 1.32 bits per heavy atom. The average Bonchev–Trinajstić information content (AvgIpc) is 2.42. The number of aliphatic carboxylic acids is 1. The highest BCUT2D eigenvalue weighted by Crippen LogP contribution is 2.21. The average molecular weight is 330 g/mol. The number of sulfonamides is 1. The van der Waals surface area contributed by atoms with Crippen LogP contribution < -0.4 is 4.72 Å². The highest BCUT2D eigenvalue weighted by atomic mass is 32.2. The Labute approximate surface area is 128 Å². The van der Waals surface area contributed by atoms with E-state index >= 15 is 0 Å². The quantitative estimate of drug-likeness (QED) is 0.404. The van der Waals surface area contributed by atoms with Gasteiger partial charge >= 0.3 is 5.97 Å². The van der Waals surface area contributed by atoms with E-state index in [0.29, 0.717) is 24.8 Å². The Morgan fingerprint density at radius 3 is 2.59 bits per heavy atom. The van der Waals surface area contributed by atoms with Crippen molar-refractivity contribution in [2.45, 2.75) is 37.5 Å². The molecular weight excluding hydrogens is 312 g/mol. The zero-order chi connectivity index (χ0) is 16.8. The Morgan fingerprint density at radius 2 is 2.00 bits per heavy atom. The van der Waals surface area contributed by atoms with Crippen LogP contribution in [0.25, 0.3) is 0 Å². The van der Waals surface area contributed by atoms with E-state index < -0.39 is 20.9 Å². The Hall–Kier alpha value is -2.00. The summed E-state index contributed by atoms with van der Waals surface area (Å²) in [6.07, 6.45) is 1.62. The third-order valence-electron chi connectivity index (χ3n) is 3.03. The van der Waals surface area contributed by atoms with Crippen LogP contribution >= 0.6 is 0 Å². The number of unbranched alkanes of at least 4 members (excludes halogenated alkanes) is 2. The number of benzene rings is 1. The van der Waals surface area contributed by atoms with E-state index in [9.17, 15) is 23.3 Å². The Kier molecular flexibility index (Phi) is 6.44. The molecular formula is C13H18N2O6S. The van der Waals surface area contributed by atoms with Crippen LogP contribution in [0.1, 0.15) is 31.2 Å². The first kappa shape index (κ1) is 18.1. The number of non-ortho nitro benzene ring substituents is 1. The SMILES string of the molecule is Cc1ccc([N+](=O)[O-])cc1S(=O)(=O)NCCCCCC(=O)O. The number of nitrogens with one attached hydrogen (secondary N) is 1. The number of nitrogens with zero attached hydrogens (tertiary/aromatic N) is 1. The zero-order valence-corrected chi connectivity index (χ0v) is 12.9. The normalized spacial score (nSPS) is 11.3. The fraction of sp³-hybridized carbons (Fsp3) is 0.462. The Bertz CT molecular complexity index is 656. The van der Waals surface area contributed by atoms with E-state index in [2.05, 4.69) is 4.72 Å². The molecule has 0 aliphatic heterocycles. The molecule has 0 aromatic heterocycles. The van der Waals surface area contributed by atoms with E-state index in [0.717, 1.165) is 6.07 Å². The van der Waals surface area contributed by atoms with Gasteiger partial charge in [-0.15, -0.1) is 0 Å². The maximum Gasteiger partial charge on any atom is 0.303 e. The predicted octanol–water partition coefficient (Wildman–Crippen LogP) is 1.83. The molecule has 0 radical (unpaired) electrons. The molecule has 122 valence electrons. The molecule has 0 fully saturated rings. The minimum atomic E-state index is -3.82. The summed E-state index contributed by atoms with van der Waals surface area (Å²) in [7, 11) is -3.82. The van der Waals surface area contributed by atoms with E-state index in [1.165, 1.54) is 12.1 Å². The molecule has 9 heteroatoms. The van der Waals surface area contributed by atoms with Crippen LogP contribution in [0, 0.1) is 17.0 Å². The maximum absolute atomic E-state index is 12.1. The summed E-state index contributed by atoms with van der Waals surface area (Å²) in [5, 5.41) is 19.2. The molecule has 1 aromatic carbocycles. The fourth-order valence-corrected chi connectivity index (χ4v) is 3.19. The van der Waals surface area contributed by atoms with E-state index in [-0.39, 0.29) is 23.5 Å². The summed E-state index contributed by atoms with van der Waals surface area (Å²) in [5.74, 6) is -0.882. The molecule has 0 bridgehead atoms. The number of rotatable bonds is 9. The predicted molar refractivity (Wildman–Crippen MR) is 79.1 cm³/mol. The zero-order valence-electron chi connectivity index (χ0n) is 12.1. The van der Waals surface area contributed by atoms with Gasteiger partial charge in [-0.05, 0) is 25.3 Å². The monoisotopic (exact) mass is 330 g/mol. The van der Waals surface area contributed by atoms with Crippen LogP contribution in [0.5, 0.6) is 0 Å². The highest BCUT2D eigenvalue weighted by molar-refractivity contribution is 7.89. The van der Waals surface area contributed by atoms with Gasteiger partial charge in [0.2, 0.25) is 10.0 Å².